The molecule has 1 aliphatic heterocycles. The number of rotatable bonds is 2. The Hall–Kier alpha value is -1.89. The molecule has 0 amide bonds. The van der Waals surface area contributed by atoms with Crippen LogP contribution in [0.3, 0.4) is 0 Å². The molecule has 94 valence electrons. The Kier molecular flexibility index (Phi) is 3.61. The largest absolute Gasteiger partial charge is 0.369 e. The molecule has 0 N–H and O–H groups in total. The Morgan fingerprint density at radius 2 is 2.11 bits per heavy atom. The van der Waals surface area contributed by atoms with Gasteiger partial charge in [0.15, 0.2) is 0 Å². The van der Waals surface area contributed by atoms with E-state index in [9.17, 15) is 9.18 Å². The summed E-state index contributed by atoms with van der Waals surface area (Å²) in [6.45, 7) is 2.99. The van der Waals surface area contributed by atoms with E-state index in [-0.39, 0.29) is 17.5 Å². The normalized spacial score (nSPS) is 16.4. The molecule has 1 aliphatic rings. The van der Waals surface area contributed by atoms with Gasteiger partial charge >= 0.3 is 0 Å². The highest BCUT2D eigenvalue weighted by Gasteiger charge is 2.23. The fourth-order valence-electron chi connectivity index (χ4n) is 2.36. The van der Waals surface area contributed by atoms with Crippen molar-refractivity contribution in [1.29, 1.82) is 5.26 Å². The van der Waals surface area contributed by atoms with Crippen molar-refractivity contribution in [2.24, 2.45) is 5.92 Å². The Morgan fingerprint density at radius 1 is 1.44 bits per heavy atom. The first kappa shape index (κ1) is 12.6. The minimum atomic E-state index is -0.365. The molecule has 1 saturated heterocycles. The lowest BCUT2D eigenvalue weighted by Crippen LogP contribution is -2.36. The number of anilines is 1. The predicted molar refractivity (Wildman–Crippen MR) is 66.7 cm³/mol. The van der Waals surface area contributed by atoms with Crippen molar-refractivity contribution in [2.45, 2.75) is 19.8 Å². The molecule has 1 fully saturated rings. The topological polar surface area (TPSA) is 44.1 Å². The van der Waals surface area contributed by atoms with Crippen molar-refractivity contribution in [3.8, 4) is 6.07 Å². The van der Waals surface area contributed by atoms with E-state index in [2.05, 4.69) is 0 Å². The Labute approximate surface area is 106 Å². The van der Waals surface area contributed by atoms with Crippen molar-refractivity contribution in [1.82, 2.24) is 0 Å². The molecule has 0 unspecified atom stereocenters. The zero-order chi connectivity index (χ0) is 13.1. The van der Waals surface area contributed by atoms with Gasteiger partial charge in [-0.3, -0.25) is 4.79 Å². The second-order valence-corrected chi connectivity index (χ2v) is 4.65. The lowest BCUT2D eigenvalue weighted by molar-refractivity contribution is -0.121. The van der Waals surface area contributed by atoms with E-state index in [1.54, 1.807) is 19.1 Å². The molecule has 1 aromatic carbocycles. The van der Waals surface area contributed by atoms with E-state index in [1.807, 2.05) is 11.0 Å². The Balaban J connectivity index is 2.10. The van der Waals surface area contributed by atoms with E-state index in [1.165, 1.54) is 6.07 Å². The summed E-state index contributed by atoms with van der Waals surface area (Å²) in [7, 11) is 0. The van der Waals surface area contributed by atoms with Gasteiger partial charge in [-0.1, -0.05) is 0 Å². The predicted octanol–water partition coefficient (Wildman–Crippen LogP) is 2.50. The fourth-order valence-corrected chi connectivity index (χ4v) is 2.36. The third-order valence-electron chi connectivity index (χ3n) is 3.49. The molecule has 4 heteroatoms. The van der Waals surface area contributed by atoms with Crippen LogP contribution in [0.4, 0.5) is 10.1 Å². The Morgan fingerprint density at radius 3 is 2.61 bits per heavy atom. The lowest BCUT2D eigenvalue weighted by Gasteiger charge is -2.32. The number of carbonyl (C=O) groups is 1. The molecule has 0 bridgehead atoms. The van der Waals surface area contributed by atoms with Crippen LogP contribution in [0.15, 0.2) is 18.2 Å². The average Bonchev–Trinajstić information content (AvgIpc) is 2.38. The second-order valence-electron chi connectivity index (χ2n) is 4.65. The van der Waals surface area contributed by atoms with Crippen LogP contribution in [-0.2, 0) is 4.79 Å². The summed E-state index contributed by atoms with van der Waals surface area (Å²) in [5, 5.41) is 8.69. The average molecular weight is 246 g/mol. The molecule has 0 aliphatic carbocycles. The van der Waals surface area contributed by atoms with Gasteiger partial charge in [-0.05, 0) is 38.0 Å². The first-order chi connectivity index (χ1) is 8.61. The fraction of sp³-hybridized carbons (Fsp3) is 0.429. The van der Waals surface area contributed by atoms with Gasteiger partial charge in [0.05, 0.1) is 17.3 Å². The van der Waals surface area contributed by atoms with Crippen LogP contribution in [0.25, 0.3) is 0 Å². The van der Waals surface area contributed by atoms with Gasteiger partial charge < -0.3 is 4.90 Å². The zero-order valence-electron chi connectivity index (χ0n) is 10.3. The van der Waals surface area contributed by atoms with Crippen LogP contribution in [0.1, 0.15) is 25.3 Å². The molecule has 1 aromatic rings. The molecule has 2 rings (SSSR count). The van der Waals surface area contributed by atoms with Crippen molar-refractivity contribution < 1.29 is 9.18 Å². The number of hydrogen-bond donors (Lipinski definition) is 0. The van der Waals surface area contributed by atoms with Crippen LogP contribution in [0, 0.1) is 23.1 Å². The first-order valence-electron chi connectivity index (χ1n) is 6.07. The van der Waals surface area contributed by atoms with Crippen LogP contribution < -0.4 is 4.90 Å². The first-order valence-corrected chi connectivity index (χ1v) is 6.07. The summed E-state index contributed by atoms with van der Waals surface area (Å²) in [6.07, 6.45) is 1.55. The number of hydrogen-bond acceptors (Lipinski definition) is 3. The van der Waals surface area contributed by atoms with Gasteiger partial charge in [-0.2, -0.15) is 5.26 Å². The third-order valence-corrected chi connectivity index (χ3v) is 3.49. The third kappa shape index (κ3) is 2.51. The van der Waals surface area contributed by atoms with E-state index < -0.39 is 0 Å². The van der Waals surface area contributed by atoms with Crippen LogP contribution in [-0.4, -0.2) is 18.9 Å². The molecule has 18 heavy (non-hydrogen) atoms. The SMILES string of the molecule is CC(=O)C1CCN(c2ccc(C#N)cc2F)CC1. The highest BCUT2D eigenvalue weighted by atomic mass is 19.1. The Bertz CT molecular complexity index is 499. The summed E-state index contributed by atoms with van der Waals surface area (Å²) >= 11 is 0. The number of Topliss-reactive ketones (excluding diaryl/α,β-unsaturated/α-hetero) is 1. The number of ketones is 1. The minimum Gasteiger partial charge on any atom is -0.369 e. The van der Waals surface area contributed by atoms with E-state index in [0.717, 1.165) is 12.8 Å². The number of carbonyl (C=O) groups excluding carboxylic acids is 1. The summed E-state index contributed by atoms with van der Waals surface area (Å²) in [4.78, 5) is 13.2. The summed E-state index contributed by atoms with van der Waals surface area (Å²) in [5.74, 6) is -0.0343. The maximum atomic E-state index is 13.8. The molecule has 0 aromatic heterocycles. The number of halogens is 1. The zero-order valence-corrected chi connectivity index (χ0v) is 10.3. The van der Waals surface area contributed by atoms with Crippen molar-refractivity contribution in [3.05, 3.63) is 29.6 Å². The smallest absolute Gasteiger partial charge is 0.147 e. The molecule has 0 atom stereocenters. The highest BCUT2D eigenvalue weighted by molar-refractivity contribution is 5.78. The van der Waals surface area contributed by atoms with Crippen molar-refractivity contribution in [3.63, 3.8) is 0 Å². The van der Waals surface area contributed by atoms with Gasteiger partial charge in [-0.15, -0.1) is 0 Å². The van der Waals surface area contributed by atoms with Gasteiger partial charge in [-0.25, -0.2) is 4.39 Å². The molecule has 1 heterocycles. The number of piperidine rings is 1. The summed E-state index contributed by atoms with van der Waals surface area (Å²) < 4.78 is 13.8. The summed E-state index contributed by atoms with van der Waals surface area (Å²) in [5.41, 5.74) is 0.853. The van der Waals surface area contributed by atoms with Gasteiger partial charge in [0.2, 0.25) is 0 Å². The number of benzene rings is 1. The van der Waals surface area contributed by atoms with Crippen LogP contribution >= 0.6 is 0 Å². The maximum Gasteiger partial charge on any atom is 0.147 e. The molecule has 3 nitrogen and oxygen atoms in total. The standard InChI is InChI=1S/C14H15FN2O/c1-10(18)12-4-6-17(7-5-12)14-3-2-11(9-16)8-13(14)15/h2-3,8,12H,4-7H2,1H3. The maximum absolute atomic E-state index is 13.8. The molecule has 0 spiro atoms. The van der Waals surface area contributed by atoms with Crippen molar-refractivity contribution in [2.75, 3.05) is 18.0 Å². The van der Waals surface area contributed by atoms with Crippen molar-refractivity contribution >= 4 is 11.5 Å². The number of nitrogens with zero attached hydrogens (tertiary/aromatic N) is 2. The molecule has 0 radical (unpaired) electrons. The molecular weight excluding hydrogens is 231 g/mol. The number of nitriles is 1. The second kappa shape index (κ2) is 5.18. The van der Waals surface area contributed by atoms with Gasteiger partial charge in [0, 0.05) is 19.0 Å². The summed E-state index contributed by atoms with van der Waals surface area (Å²) in [6, 6.07) is 6.43. The lowest BCUT2D eigenvalue weighted by atomic mass is 9.93. The minimum absolute atomic E-state index is 0.114. The van der Waals surface area contributed by atoms with Crippen LogP contribution in [0.5, 0.6) is 0 Å². The highest BCUT2D eigenvalue weighted by Crippen LogP contribution is 2.26. The quantitative estimate of drug-likeness (QED) is 0.805. The van der Waals surface area contributed by atoms with E-state index in [0.29, 0.717) is 24.3 Å². The van der Waals surface area contributed by atoms with E-state index >= 15 is 0 Å². The monoisotopic (exact) mass is 246 g/mol. The molecular formula is C14H15FN2O. The van der Waals surface area contributed by atoms with Gasteiger partial charge in [0.25, 0.3) is 0 Å². The van der Waals surface area contributed by atoms with Gasteiger partial charge in [0.1, 0.15) is 11.6 Å². The van der Waals surface area contributed by atoms with E-state index in [4.69, 9.17) is 5.26 Å². The van der Waals surface area contributed by atoms with Crippen LogP contribution in [0.2, 0.25) is 0 Å². The molecule has 0 saturated carbocycles.